The second-order valence-electron chi connectivity index (χ2n) is 4.65. The minimum absolute atomic E-state index is 0.0687. The molecular weight excluding hydrogens is 214 g/mol. The Hall–Kier alpha value is -1.58. The summed E-state index contributed by atoms with van der Waals surface area (Å²) in [6.45, 7) is 2.19. The Bertz CT molecular complexity index is 405. The molecule has 0 spiro atoms. The highest BCUT2D eigenvalue weighted by Crippen LogP contribution is 2.24. The van der Waals surface area contributed by atoms with E-state index in [9.17, 15) is 4.79 Å². The molecule has 0 radical (unpaired) electrons. The molecule has 1 fully saturated rings. The normalized spacial score (nSPS) is 23.4. The van der Waals surface area contributed by atoms with Crippen LogP contribution in [-0.4, -0.2) is 24.0 Å². The van der Waals surface area contributed by atoms with Crippen LogP contribution in [0.15, 0.2) is 18.2 Å². The zero-order valence-electron chi connectivity index (χ0n) is 10.4. The molecule has 2 unspecified atom stereocenters. The Morgan fingerprint density at radius 1 is 1.41 bits per heavy atom. The van der Waals surface area contributed by atoms with E-state index in [4.69, 9.17) is 0 Å². The molecule has 2 rings (SSSR count). The summed E-state index contributed by atoms with van der Waals surface area (Å²) in [6.07, 6.45) is 3.49. The molecule has 1 aromatic heterocycles. The average molecular weight is 233 g/mol. The highest BCUT2D eigenvalue weighted by atomic mass is 16.1. The molecule has 1 aliphatic carbocycles. The van der Waals surface area contributed by atoms with Gasteiger partial charge in [-0.25, -0.2) is 4.98 Å². The van der Waals surface area contributed by atoms with Crippen LogP contribution in [-0.2, 0) is 0 Å². The van der Waals surface area contributed by atoms with Crippen molar-refractivity contribution in [2.45, 2.75) is 32.2 Å². The number of carbonyl (C=O) groups excluding carboxylic acids is 1. The number of hydrogen-bond donors (Lipinski definition) is 2. The fourth-order valence-corrected chi connectivity index (χ4v) is 2.30. The van der Waals surface area contributed by atoms with Gasteiger partial charge in [0.15, 0.2) is 0 Å². The fourth-order valence-electron chi connectivity index (χ4n) is 2.30. The molecule has 4 heteroatoms. The van der Waals surface area contributed by atoms with Crippen molar-refractivity contribution in [2.75, 3.05) is 12.4 Å². The van der Waals surface area contributed by atoms with E-state index >= 15 is 0 Å². The lowest BCUT2D eigenvalue weighted by Gasteiger charge is -2.17. The number of hydrogen-bond acceptors (Lipinski definition) is 3. The first kappa shape index (κ1) is 11.9. The lowest BCUT2D eigenvalue weighted by atomic mass is 10.1. The maximum Gasteiger partial charge on any atom is 0.270 e. The Morgan fingerprint density at radius 3 is 2.88 bits per heavy atom. The summed E-state index contributed by atoms with van der Waals surface area (Å²) in [5.41, 5.74) is 0.482. The van der Waals surface area contributed by atoms with Crippen LogP contribution in [0.2, 0.25) is 0 Å². The molecule has 0 saturated heterocycles. The first-order chi connectivity index (χ1) is 8.20. The predicted molar refractivity (Wildman–Crippen MR) is 68.1 cm³/mol. The molecule has 92 valence electrons. The topological polar surface area (TPSA) is 54.0 Å². The first-order valence-electron chi connectivity index (χ1n) is 6.16. The van der Waals surface area contributed by atoms with Crippen molar-refractivity contribution < 1.29 is 4.79 Å². The number of anilines is 1. The Kier molecular flexibility index (Phi) is 3.61. The minimum atomic E-state index is -0.0687. The molecule has 4 nitrogen and oxygen atoms in total. The van der Waals surface area contributed by atoms with Crippen molar-refractivity contribution in [1.82, 2.24) is 10.3 Å². The van der Waals surface area contributed by atoms with E-state index in [1.54, 1.807) is 13.1 Å². The number of nitrogens with zero attached hydrogens (tertiary/aromatic N) is 1. The highest BCUT2D eigenvalue weighted by Gasteiger charge is 2.25. The van der Waals surface area contributed by atoms with E-state index in [-0.39, 0.29) is 5.91 Å². The summed E-state index contributed by atoms with van der Waals surface area (Å²) in [5, 5.41) is 6.00. The highest BCUT2D eigenvalue weighted by molar-refractivity contribution is 5.92. The molecule has 0 bridgehead atoms. The summed E-state index contributed by atoms with van der Waals surface area (Å²) in [4.78, 5) is 16.2. The zero-order valence-corrected chi connectivity index (χ0v) is 10.4. The number of aromatic nitrogens is 1. The molecule has 0 aliphatic heterocycles. The van der Waals surface area contributed by atoms with Crippen LogP contribution in [0, 0.1) is 5.92 Å². The first-order valence-corrected chi connectivity index (χ1v) is 6.16. The molecule has 1 aliphatic rings. The van der Waals surface area contributed by atoms with E-state index in [1.807, 2.05) is 12.1 Å². The van der Waals surface area contributed by atoms with Crippen molar-refractivity contribution in [3.63, 3.8) is 0 Å². The Balaban J connectivity index is 2.03. The van der Waals surface area contributed by atoms with Gasteiger partial charge in [-0.15, -0.1) is 0 Å². The van der Waals surface area contributed by atoms with Gasteiger partial charge in [-0.3, -0.25) is 4.79 Å². The lowest BCUT2D eigenvalue weighted by molar-refractivity contribution is 0.0924. The van der Waals surface area contributed by atoms with Crippen molar-refractivity contribution in [2.24, 2.45) is 5.92 Å². The molecule has 2 N–H and O–H groups in total. The van der Waals surface area contributed by atoms with E-state index in [0.717, 1.165) is 12.2 Å². The maximum absolute atomic E-state index is 12.0. The van der Waals surface area contributed by atoms with Crippen LogP contribution in [0.1, 0.15) is 36.7 Å². The van der Waals surface area contributed by atoms with Gasteiger partial charge in [-0.05, 0) is 30.9 Å². The van der Waals surface area contributed by atoms with E-state index < -0.39 is 0 Å². The number of nitrogens with one attached hydrogen (secondary N) is 2. The van der Waals surface area contributed by atoms with E-state index in [1.165, 1.54) is 12.8 Å². The van der Waals surface area contributed by atoms with Gasteiger partial charge in [0.1, 0.15) is 11.5 Å². The third-order valence-corrected chi connectivity index (χ3v) is 3.42. The summed E-state index contributed by atoms with van der Waals surface area (Å²) < 4.78 is 0. The monoisotopic (exact) mass is 233 g/mol. The summed E-state index contributed by atoms with van der Waals surface area (Å²) in [5.74, 6) is 1.23. The van der Waals surface area contributed by atoms with Crippen LogP contribution in [0.3, 0.4) is 0 Å². The molecule has 17 heavy (non-hydrogen) atoms. The van der Waals surface area contributed by atoms with Gasteiger partial charge in [0.2, 0.25) is 0 Å². The second-order valence-corrected chi connectivity index (χ2v) is 4.65. The minimum Gasteiger partial charge on any atom is -0.373 e. The average Bonchev–Trinajstić information content (AvgIpc) is 2.75. The van der Waals surface area contributed by atoms with Crippen LogP contribution < -0.4 is 10.6 Å². The fraction of sp³-hybridized carbons (Fsp3) is 0.538. The SMILES string of the molecule is CNc1cccc(C(=O)NC2CCCC2C)n1. The third kappa shape index (κ3) is 2.75. The van der Waals surface area contributed by atoms with E-state index in [2.05, 4.69) is 22.5 Å². The summed E-state index contributed by atoms with van der Waals surface area (Å²) in [6, 6.07) is 5.74. The molecule has 1 amide bonds. The van der Waals surface area contributed by atoms with Crippen LogP contribution >= 0.6 is 0 Å². The lowest BCUT2D eigenvalue weighted by Crippen LogP contribution is -2.36. The zero-order chi connectivity index (χ0) is 12.3. The van der Waals surface area contributed by atoms with Gasteiger partial charge in [-0.1, -0.05) is 19.4 Å². The van der Waals surface area contributed by atoms with Crippen molar-refractivity contribution >= 4 is 11.7 Å². The standard InChI is InChI=1S/C13H19N3O/c1-9-5-3-6-10(9)16-13(17)11-7-4-8-12(14-2)15-11/h4,7-10H,3,5-6H2,1-2H3,(H,14,15)(H,16,17). The van der Waals surface area contributed by atoms with Gasteiger partial charge in [0.05, 0.1) is 0 Å². The largest absolute Gasteiger partial charge is 0.373 e. The number of pyridine rings is 1. The Labute approximate surface area is 102 Å². The number of rotatable bonds is 3. The Morgan fingerprint density at radius 2 is 2.24 bits per heavy atom. The van der Waals surface area contributed by atoms with Gasteiger partial charge in [-0.2, -0.15) is 0 Å². The van der Waals surface area contributed by atoms with Crippen LogP contribution in [0.4, 0.5) is 5.82 Å². The quantitative estimate of drug-likeness (QED) is 0.840. The molecule has 1 aromatic rings. The van der Waals surface area contributed by atoms with Crippen LogP contribution in [0.25, 0.3) is 0 Å². The van der Waals surface area contributed by atoms with Crippen LogP contribution in [0.5, 0.6) is 0 Å². The van der Waals surface area contributed by atoms with Gasteiger partial charge in [0, 0.05) is 13.1 Å². The smallest absolute Gasteiger partial charge is 0.270 e. The predicted octanol–water partition coefficient (Wildman–Crippen LogP) is 2.04. The molecule has 1 saturated carbocycles. The number of carbonyl (C=O) groups is 1. The van der Waals surface area contributed by atoms with Crippen molar-refractivity contribution in [1.29, 1.82) is 0 Å². The number of amides is 1. The maximum atomic E-state index is 12.0. The third-order valence-electron chi connectivity index (χ3n) is 3.42. The van der Waals surface area contributed by atoms with Crippen molar-refractivity contribution in [3.8, 4) is 0 Å². The second kappa shape index (κ2) is 5.17. The summed E-state index contributed by atoms with van der Waals surface area (Å²) >= 11 is 0. The summed E-state index contributed by atoms with van der Waals surface area (Å²) in [7, 11) is 1.79. The van der Waals surface area contributed by atoms with Gasteiger partial charge < -0.3 is 10.6 Å². The molecule has 1 heterocycles. The van der Waals surface area contributed by atoms with Gasteiger partial charge in [0.25, 0.3) is 5.91 Å². The molecule has 0 aromatic carbocycles. The molecule has 2 atom stereocenters. The van der Waals surface area contributed by atoms with Gasteiger partial charge >= 0.3 is 0 Å². The van der Waals surface area contributed by atoms with E-state index in [0.29, 0.717) is 17.7 Å². The van der Waals surface area contributed by atoms with Crippen molar-refractivity contribution in [3.05, 3.63) is 23.9 Å². The molecular formula is C13H19N3O.